The molecule has 1 N–H and O–H groups in total. The van der Waals surface area contributed by atoms with Crippen LogP contribution in [0.5, 0.6) is 0 Å². The van der Waals surface area contributed by atoms with Crippen LogP contribution in [0.15, 0.2) is 30.3 Å². The van der Waals surface area contributed by atoms with Crippen molar-refractivity contribution in [1.29, 1.82) is 5.41 Å². The highest BCUT2D eigenvalue weighted by Gasteiger charge is 2.15. The predicted molar refractivity (Wildman–Crippen MR) is 92.1 cm³/mol. The van der Waals surface area contributed by atoms with Crippen LogP contribution in [0.3, 0.4) is 0 Å². The molecule has 0 aliphatic rings. The van der Waals surface area contributed by atoms with Crippen LogP contribution < -0.4 is 0 Å². The molecule has 0 unspecified atom stereocenters. The zero-order valence-electron chi connectivity index (χ0n) is 13.8. The molecule has 0 heterocycles. The molecule has 0 atom stereocenters. The first-order valence-electron chi connectivity index (χ1n) is 8.30. The molecule has 0 saturated carbocycles. The summed E-state index contributed by atoms with van der Waals surface area (Å²) in [6.45, 7) is 5.82. The Bertz CT molecular complexity index is 674. The first kappa shape index (κ1) is 17.4. The lowest BCUT2D eigenvalue weighted by Crippen LogP contribution is -2.33. The van der Waals surface area contributed by atoms with Crippen molar-refractivity contribution in [2.45, 2.75) is 39.5 Å². The van der Waals surface area contributed by atoms with Gasteiger partial charge in [-0.05, 0) is 24.3 Å². The molecular weight excluding hydrogens is 294 g/mol. The number of amidine groups is 1. The summed E-state index contributed by atoms with van der Waals surface area (Å²) in [6, 6.07) is 7.34. The molecule has 0 aliphatic carbocycles. The molecule has 23 heavy (non-hydrogen) atoms. The number of hydrogen-bond acceptors (Lipinski definition) is 1. The van der Waals surface area contributed by atoms with Gasteiger partial charge in [-0.15, -0.1) is 0 Å². The van der Waals surface area contributed by atoms with Crippen LogP contribution in [0.4, 0.5) is 8.78 Å². The van der Waals surface area contributed by atoms with Gasteiger partial charge in [-0.3, -0.25) is 5.41 Å². The summed E-state index contributed by atoms with van der Waals surface area (Å²) < 4.78 is 27.6. The highest BCUT2D eigenvalue weighted by Crippen LogP contribution is 2.24. The van der Waals surface area contributed by atoms with Gasteiger partial charge in [-0.1, -0.05) is 44.9 Å². The SMILES string of the molecule is CCCCN(CCCC)C(=N)c1cccc2c(F)cc(F)cc12. The Balaban J connectivity index is 2.41. The monoisotopic (exact) mass is 318 g/mol. The van der Waals surface area contributed by atoms with Crippen molar-refractivity contribution < 1.29 is 8.78 Å². The molecule has 0 aliphatic heterocycles. The van der Waals surface area contributed by atoms with E-state index in [9.17, 15) is 8.78 Å². The molecule has 0 amide bonds. The third-order valence-corrected chi connectivity index (χ3v) is 4.04. The average Bonchev–Trinajstić information content (AvgIpc) is 2.54. The van der Waals surface area contributed by atoms with Gasteiger partial charge in [0.2, 0.25) is 0 Å². The molecule has 0 fully saturated rings. The van der Waals surface area contributed by atoms with Crippen molar-refractivity contribution in [2.24, 2.45) is 0 Å². The van der Waals surface area contributed by atoms with Crippen LogP contribution >= 0.6 is 0 Å². The topological polar surface area (TPSA) is 27.1 Å². The molecule has 0 spiro atoms. The normalized spacial score (nSPS) is 11.0. The summed E-state index contributed by atoms with van der Waals surface area (Å²) in [4.78, 5) is 2.02. The molecule has 2 aromatic rings. The average molecular weight is 318 g/mol. The van der Waals surface area contributed by atoms with Crippen LogP contribution in [0.25, 0.3) is 10.8 Å². The maximum Gasteiger partial charge on any atom is 0.133 e. The molecule has 0 bridgehead atoms. The lowest BCUT2D eigenvalue weighted by Gasteiger charge is -2.26. The lowest BCUT2D eigenvalue weighted by atomic mass is 10.0. The number of fused-ring (bicyclic) bond motifs is 1. The van der Waals surface area contributed by atoms with Crippen molar-refractivity contribution in [3.8, 4) is 0 Å². The molecule has 2 aromatic carbocycles. The van der Waals surface area contributed by atoms with E-state index in [-0.39, 0.29) is 0 Å². The number of rotatable bonds is 7. The molecule has 0 saturated heterocycles. The molecular formula is C19H24F2N2. The Hall–Kier alpha value is -1.97. The zero-order chi connectivity index (χ0) is 16.8. The fourth-order valence-electron chi connectivity index (χ4n) is 2.72. The van der Waals surface area contributed by atoms with Crippen LogP contribution in [-0.4, -0.2) is 23.8 Å². The summed E-state index contributed by atoms with van der Waals surface area (Å²) in [6.07, 6.45) is 4.10. The molecule has 124 valence electrons. The predicted octanol–water partition coefficient (Wildman–Crippen LogP) is 5.35. The van der Waals surface area contributed by atoms with Gasteiger partial charge in [-0.2, -0.15) is 0 Å². The summed E-state index contributed by atoms with van der Waals surface area (Å²) >= 11 is 0. The highest BCUT2D eigenvalue weighted by molar-refractivity contribution is 6.08. The van der Waals surface area contributed by atoms with E-state index in [4.69, 9.17) is 5.41 Å². The number of benzene rings is 2. The van der Waals surface area contributed by atoms with Gasteiger partial charge in [0.1, 0.15) is 17.5 Å². The molecule has 4 heteroatoms. The van der Waals surface area contributed by atoms with Crippen molar-refractivity contribution in [3.63, 3.8) is 0 Å². The molecule has 2 rings (SSSR count). The van der Waals surface area contributed by atoms with Crippen LogP contribution in [0.2, 0.25) is 0 Å². The van der Waals surface area contributed by atoms with Crippen molar-refractivity contribution >= 4 is 16.6 Å². The first-order valence-corrected chi connectivity index (χ1v) is 8.30. The Morgan fingerprint density at radius 1 is 1.00 bits per heavy atom. The molecule has 0 aromatic heterocycles. The van der Waals surface area contributed by atoms with E-state index in [1.165, 1.54) is 6.07 Å². The van der Waals surface area contributed by atoms with E-state index in [1.807, 2.05) is 4.90 Å². The summed E-state index contributed by atoms with van der Waals surface area (Å²) in [7, 11) is 0. The van der Waals surface area contributed by atoms with Gasteiger partial charge in [0.25, 0.3) is 0 Å². The number of nitrogens with zero attached hydrogens (tertiary/aromatic N) is 1. The molecule has 0 radical (unpaired) electrons. The van der Waals surface area contributed by atoms with Crippen molar-refractivity contribution in [2.75, 3.05) is 13.1 Å². The number of nitrogens with one attached hydrogen (secondary N) is 1. The van der Waals surface area contributed by atoms with Crippen molar-refractivity contribution in [3.05, 3.63) is 47.5 Å². The van der Waals surface area contributed by atoms with Gasteiger partial charge in [0.15, 0.2) is 0 Å². The second kappa shape index (κ2) is 8.04. The first-order chi connectivity index (χ1) is 11.1. The van der Waals surface area contributed by atoms with Gasteiger partial charge >= 0.3 is 0 Å². The van der Waals surface area contributed by atoms with Crippen LogP contribution in [0, 0.1) is 17.0 Å². The fourth-order valence-corrected chi connectivity index (χ4v) is 2.72. The standard InChI is InChI=1S/C19H24F2N2/c1-3-5-10-23(11-6-4-2)19(22)16-9-7-8-15-17(16)12-14(20)13-18(15)21/h7-9,12-13,22H,3-6,10-11H2,1-2H3. The Labute approximate surface area is 136 Å². The highest BCUT2D eigenvalue weighted by atomic mass is 19.1. The quantitative estimate of drug-likeness (QED) is 0.541. The minimum absolute atomic E-state index is 0.350. The Morgan fingerprint density at radius 3 is 2.26 bits per heavy atom. The van der Waals surface area contributed by atoms with Gasteiger partial charge < -0.3 is 4.90 Å². The maximum absolute atomic E-state index is 14.0. The third-order valence-electron chi connectivity index (χ3n) is 4.04. The van der Waals surface area contributed by atoms with E-state index < -0.39 is 11.6 Å². The lowest BCUT2D eigenvalue weighted by molar-refractivity contribution is 0.397. The Morgan fingerprint density at radius 2 is 1.65 bits per heavy atom. The van der Waals surface area contributed by atoms with Crippen LogP contribution in [0.1, 0.15) is 45.1 Å². The van der Waals surface area contributed by atoms with E-state index in [0.717, 1.165) is 44.8 Å². The third kappa shape index (κ3) is 4.06. The van der Waals surface area contributed by atoms with Gasteiger partial charge in [0, 0.05) is 30.1 Å². The molecule has 2 nitrogen and oxygen atoms in total. The number of unbranched alkanes of at least 4 members (excludes halogenated alkanes) is 2. The second-order valence-electron chi connectivity index (χ2n) is 5.83. The smallest absolute Gasteiger partial charge is 0.133 e. The summed E-state index contributed by atoms with van der Waals surface area (Å²) in [5.74, 6) is -0.838. The summed E-state index contributed by atoms with van der Waals surface area (Å²) in [5.41, 5.74) is 0.591. The summed E-state index contributed by atoms with van der Waals surface area (Å²) in [5, 5.41) is 9.37. The minimum Gasteiger partial charge on any atom is -0.357 e. The fraction of sp³-hybridized carbons (Fsp3) is 0.421. The number of halogens is 2. The number of hydrogen-bond donors (Lipinski definition) is 1. The second-order valence-corrected chi connectivity index (χ2v) is 5.83. The van der Waals surface area contributed by atoms with E-state index in [0.29, 0.717) is 22.2 Å². The van der Waals surface area contributed by atoms with Gasteiger partial charge in [0.05, 0.1) is 0 Å². The van der Waals surface area contributed by atoms with Gasteiger partial charge in [-0.25, -0.2) is 8.78 Å². The Kier molecular flexibility index (Phi) is 6.08. The minimum atomic E-state index is -0.607. The largest absolute Gasteiger partial charge is 0.357 e. The van der Waals surface area contributed by atoms with E-state index >= 15 is 0 Å². The zero-order valence-corrected chi connectivity index (χ0v) is 13.8. The van der Waals surface area contributed by atoms with E-state index in [2.05, 4.69) is 13.8 Å². The maximum atomic E-state index is 14.0. The van der Waals surface area contributed by atoms with Crippen molar-refractivity contribution in [1.82, 2.24) is 4.90 Å². The van der Waals surface area contributed by atoms with Crippen LogP contribution in [-0.2, 0) is 0 Å². The van der Waals surface area contributed by atoms with E-state index in [1.54, 1.807) is 18.2 Å².